The van der Waals surface area contributed by atoms with Crippen molar-refractivity contribution >= 4 is 47.2 Å². The smallest absolute Gasteiger partial charge is 0.248 e. The molecule has 2 saturated heterocycles. The van der Waals surface area contributed by atoms with Crippen molar-refractivity contribution in [1.82, 2.24) is 71.5 Å². The Labute approximate surface area is 362 Å². The van der Waals surface area contributed by atoms with Gasteiger partial charge < -0.3 is 40.5 Å². The molecule has 4 heterocycles. The van der Waals surface area contributed by atoms with E-state index in [-0.39, 0.29) is 58.4 Å². The lowest BCUT2D eigenvalue weighted by Gasteiger charge is -2.33. The van der Waals surface area contributed by atoms with Crippen LogP contribution in [-0.4, -0.2) is 172 Å². The van der Waals surface area contributed by atoms with Crippen LogP contribution >= 0.6 is 23.5 Å². The molecule has 0 unspecified atom stereocenters. The van der Waals surface area contributed by atoms with Crippen LogP contribution < -0.4 is 21.3 Å². The van der Waals surface area contributed by atoms with Crippen molar-refractivity contribution < 1.29 is 28.7 Å². The average molecular weight is 881 g/mol. The lowest BCUT2D eigenvalue weighted by Crippen LogP contribution is -2.58. The summed E-state index contributed by atoms with van der Waals surface area (Å²) in [5.74, 6) is -1.19. The monoisotopic (exact) mass is 880 g/mol. The van der Waals surface area contributed by atoms with E-state index in [0.29, 0.717) is 36.5 Å². The van der Waals surface area contributed by atoms with Crippen molar-refractivity contribution in [3.8, 4) is 0 Å². The number of hydrogen-bond acceptors (Lipinski definition) is 16. The summed E-state index contributed by atoms with van der Waals surface area (Å²) in [4.78, 5) is 58.6. The standard InChI is InChI=1S/C38H68N14O6S2/c1-23(39-11)31(53)41-29(33(55)49-17-13-15-27(49)21-51-35(43-45-47-51)59-37(5,6)7)25(3)57-19-20-58-26(4)30(42-32(54)24(2)40-12)34(56)50-18-14-16-28(50)22-52-36(44-46-48-52)60-38(8,9)10/h23-30,39-40H,13-22H2,1-12H3,(H,41,53)(H,42,54)/t23-,24+,25+,26-,27-,28+,29-,30+. The van der Waals surface area contributed by atoms with Gasteiger partial charge in [-0.3, -0.25) is 19.2 Å². The molecular weight excluding hydrogens is 813 g/mol. The molecule has 0 saturated carbocycles. The summed E-state index contributed by atoms with van der Waals surface area (Å²) in [6.07, 6.45) is 1.64. The van der Waals surface area contributed by atoms with E-state index in [2.05, 4.69) is 93.9 Å². The van der Waals surface area contributed by atoms with E-state index >= 15 is 0 Å². The molecule has 0 bridgehead atoms. The first-order chi connectivity index (χ1) is 28.2. The third kappa shape index (κ3) is 14.0. The fourth-order valence-electron chi connectivity index (χ4n) is 6.94. The number of carbonyl (C=O) groups excluding carboxylic acids is 4. The number of thioether (sulfide) groups is 2. The lowest BCUT2D eigenvalue weighted by atomic mass is 10.1. The summed E-state index contributed by atoms with van der Waals surface area (Å²) in [5.41, 5.74) is 0. The van der Waals surface area contributed by atoms with Crippen LogP contribution in [0.15, 0.2) is 10.3 Å². The molecule has 0 aliphatic carbocycles. The summed E-state index contributed by atoms with van der Waals surface area (Å²) >= 11 is 3.11. The summed E-state index contributed by atoms with van der Waals surface area (Å²) in [6.45, 7) is 21.4. The van der Waals surface area contributed by atoms with Crippen molar-refractivity contribution in [2.24, 2.45) is 0 Å². The van der Waals surface area contributed by atoms with E-state index in [1.54, 1.807) is 84.5 Å². The zero-order valence-corrected chi connectivity index (χ0v) is 39.1. The van der Waals surface area contributed by atoms with Crippen molar-refractivity contribution in [2.75, 3.05) is 40.4 Å². The second-order valence-electron chi connectivity index (χ2n) is 17.5. The van der Waals surface area contributed by atoms with E-state index in [1.807, 2.05) is 0 Å². The summed E-state index contributed by atoms with van der Waals surface area (Å²) in [7, 11) is 3.35. The predicted octanol–water partition coefficient (Wildman–Crippen LogP) is 1.12. The zero-order valence-electron chi connectivity index (χ0n) is 37.4. The van der Waals surface area contributed by atoms with Crippen molar-refractivity contribution in [2.45, 2.75) is 176 Å². The van der Waals surface area contributed by atoms with Gasteiger partial charge in [0.05, 0.1) is 62.7 Å². The fourth-order valence-corrected chi connectivity index (χ4v) is 8.63. The molecule has 338 valence electrons. The van der Waals surface area contributed by atoms with Gasteiger partial charge in [0.15, 0.2) is 0 Å². The molecule has 2 aliphatic rings. The minimum Gasteiger partial charge on any atom is -0.373 e. The number of rotatable bonds is 21. The van der Waals surface area contributed by atoms with Crippen LogP contribution in [0.4, 0.5) is 0 Å². The van der Waals surface area contributed by atoms with Crippen LogP contribution in [0.1, 0.15) is 94.9 Å². The maximum Gasteiger partial charge on any atom is 0.248 e. The third-order valence-corrected chi connectivity index (χ3v) is 12.6. The van der Waals surface area contributed by atoms with Gasteiger partial charge in [-0.15, -0.1) is 10.2 Å². The van der Waals surface area contributed by atoms with Gasteiger partial charge in [0.1, 0.15) is 12.1 Å². The molecule has 4 N–H and O–H groups in total. The highest BCUT2D eigenvalue weighted by molar-refractivity contribution is 8.00. The molecule has 4 rings (SSSR count). The topological polar surface area (TPSA) is 229 Å². The molecule has 60 heavy (non-hydrogen) atoms. The minimum absolute atomic E-state index is 0.0514. The number of carbonyl (C=O) groups is 4. The number of likely N-dealkylation sites (tertiary alicyclic amines) is 2. The molecule has 4 amide bonds. The highest BCUT2D eigenvalue weighted by Crippen LogP contribution is 2.32. The normalized spacial score (nSPS) is 20.4. The molecule has 2 aromatic heterocycles. The SMILES string of the molecule is CN[C@@H](C)C(=O)N[C@H](C(=O)N1CCC[C@H]1Cn1nnnc1SC(C)(C)C)[C@@H](C)OCCO[C@@H](C)[C@@H](NC(=O)[C@@H](C)NC)C(=O)N1CCC[C@@H]1Cn1nnnc1SC(C)(C)C. The Balaban J connectivity index is 1.43. The van der Waals surface area contributed by atoms with Gasteiger partial charge in [0.25, 0.3) is 0 Å². The predicted molar refractivity (Wildman–Crippen MR) is 228 cm³/mol. The van der Waals surface area contributed by atoms with E-state index in [0.717, 1.165) is 25.7 Å². The van der Waals surface area contributed by atoms with E-state index in [4.69, 9.17) is 9.47 Å². The Morgan fingerprint density at radius 2 is 1.03 bits per heavy atom. The largest absolute Gasteiger partial charge is 0.373 e. The Bertz CT molecular complexity index is 1590. The molecule has 0 aromatic carbocycles. The van der Waals surface area contributed by atoms with Crippen molar-refractivity contribution in [3.05, 3.63) is 0 Å². The highest BCUT2D eigenvalue weighted by atomic mass is 32.2. The first-order valence-corrected chi connectivity index (χ1v) is 22.6. The molecule has 2 aliphatic heterocycles. The van der Waals surface area contributed by atoms with Crippen LogP contribution in [0.2, 0.25) is 0 Å². The van der Waals surface area contributed by atoms with Crippen molar-refractivity contribution in [1.29, 1.82) is 0 Å². The number of aromatic nitrogens is 8. The molecule has 0 radical (unpaired) electrons. The zero-order chi connectivity index (χ0) is 44.4. The Morgan fingerprint density at radius 3 is 1.37 bits per heavy atom. The van der Waals surface area contributed by atoms with Crippen LogP contribution in [0.25, 0.3) is 0 Å². The molecule has 20 nitrogen and oxygen atoms in total. The van der Waals surface area contributed by atoms with Gasteiger partial charge in [0.2, 0.25) is 33.9 Å². The lowest BCUT2D eigenvalue weighted by molar-refractivity contribution is -0.144. The first-order valence-electron chi connectivity index (χ1n) is 20.9. The van der Waals surface area contributed by atoms with E-state index in [9.17, 15) is 19.2 Å². The van der Waals surface area contributed by atoms with Crippen LogP contribution in [0.5, 0.6) is 0 Å². The third-order valence-electron chi connectivity index (χ3n) is 10.4. The Hall–Kier alpha value is -3.44. The quantitative estimate of drug-likeness (QED) is 0.102. The summed E-state index contributed by atoms with van der Waals surface area (Å²) in [5, 5.41) is 37.7. The first kappa shape index (κ1) is 49.2. The summed E-state index contributed by atoms with van der Waals surface area (Å²) < 4.78 is 15.7. The number of hydrogen-bond donors (Lipinski definition) is 4. The molecule has 0 spiro atoms. The van der Waals surface area contributed by atoms with Gasteiger partial charge >= 0.3 is 0 Å². The van der Waals surface area contributed by atoms with Crippen molar-refractivity contribution in [3.63, 3.8) is 0 Å². The Morgan fingerprint density at radius 1 is 0.667 bits per heavy atom. The molecule has 22 heteroatoms. The number of ether oxygens (including phenoxy) is 2. The van der Waals surface area contributed by atoms with Gasteiger partial charge in [-0.1, -0.05) is 65.1 Å². The molecule has 2 aromatic rings. The van der Waals surface area contributed by atoms with E-state index < -0.39 is 36.4 Å². The molecule has 2 fully saturated rings. The fraction of sp³-hybridized carbons (Fsp3) is 0.842. The molecule has 8 atom stereocenters. The van der Waals surface area contributed by atoms with Crippen LogP contribution in [0.3, 0.4) is 0 Å². The number of likely N-dealkylation sites (N-methyl/N-ethyl adjacent to an activating group) is 2. The number of amides is 4. The number of nitrogens with zero attached hydrogens (tertiary/aromatic N) is 10. The second kappa shape index (κ2) is 22.1. The second-order valence-corrected chi connectivity index (χ2v) is 21.1. The number of tetrazole rings is 2. The Kier molecular flexibility index (Phi) is 18.1. The van der Waals surface area contributed by atoms with Crippen LogP contribution in [0, 0.1) is 0 Å². The highest BCUT2D eigenvalue weighted by Gasteiger charge is 2.40. The number of nitrogens with one attached hydrogen (secondary N) is 4. The maximum atomic E-state index is 14.3. The van der Waals surface area contributed by atoms with Gasteiger partial charge in [0, 0.05) is 22.6 Å². The van der Waals surface area contributed by atoms with Gasteiger partial charge in [-0.05, 0) is 88.3 Å². The van der Waals surface area contributed by atoms with Gasteiger partial charge in [-0.25, -0.2) is 9.36 Å². The van der Waals surface area contributed by atoms with E-state index in [1.165, 1.54) is 0 Å². The maximum absolute atomic E-state index is 14.3. The molecular formula is C38H68N14O6S2. The minimum atomic E-state index is -0.991. The average Bonchev–Trinajstić information content (AvgIpc) is 4.02. The van der Waals surface area contributed by atoms with Gasteiger partial charge in [-0.2, -0.15) is 0 Å². The van der Waals surface area contributed by atoms with Crippen LogP contribution in [-0.2, 0) is 41.7 Å². The summed E-state index contributed by atoms with van der Waals surface area (Å²) in [6, 6.07) is -3.44.